The summed E-state index contributed by atoms with van der Waals surface area (Å²) in [5.74, 6) is 0. The van der Waals surface area contributed by atoms with Gasteiger partial charge < -0.3 is 19.8 Å². The Morgan fingerprint density at radius 3 is 2.33 bits per heavy atom. The monoisotopic (exact) mass is 219 g/mol. The first-order valence-electron chi connectivity index (χ1n) is 5.07. The van der Waals surface area contributed by atoms with Crippen LogP contribution in [0.1, 0.15) is 27.7 Å². The van der Waals surface area contributed by atoms with Crippen LogP contribution in [0.15, 0.2) is 0 Å². The average Bonchev–Trinajstić information content (AvgIpc) is 2.10. The first-order chi connectivity index (χ1) is 6.80. The van der Waals surface area contributed by atoms with Gasteiger partial charge in [0.25, 0.3) is 0 Å². The third kappa shape index (κ3) is 6.30. The topological polar surface area (TPSA) is 70.0 Å². The Labute approximate surface area is 90.6 Å². The van der Waals surface area contributed by atoms with Crippen molar-refractivity contribution in [1.29, 1.82) is 0 Å². The summed E-state index contributed by atoms with van der Waals surface area (Å²) in [6.07, 6.45) is -1.39. The van der Waals surface area contributed by atoms with Gasteiger partial charge in [-0.2, -0.15) is 0 Å². The molecule has 15 heavy (non-hydrogen) atoms. The number of aliphatic hydroxyl groups is 2. The molecule has 5 nitrogen and oxygen atoms in total. The minimum Gasteiger partial charge on any atom is -0.444 e. The van der Waals surface area contributed by atoms with Gasteiger partial charge in [0.2, 0.25) is 0 Å². The number of hydrogen-bond acceptors (Lipinski definition) is 4. The van der Waals surface area contributed by atoms with Crippen LogP contribution < -0.4 is 0 Å². The van der Waals surface area contributed by atoms with E-state index in [1.165, 1.54) is 4.90 Å². The van der Waals surface area contributed by atoms with E-state index in [1.54, 1.807) is 27.7 Å². The maximum Gasteiger partial charge on any atom is 0.410 e. The fourth-order valence-electron chi connectivity index (χ4n) is 0.971. The minimum atomic E-state index is -0.919. The van der Waals surface area contributed by atoms with E-state index >= 15 is 0 Å². The van der Waals surface area contributed by atoms with Gasteiger partial charge >= 0.3 is 6.09 Å². The quantitative estimate of drug-likeness (QED) is 0.726. The molecule has 0 saturated heterocycles. The lowest BCUT2D eigenvalue weighted by molar-refractivity contribution is 0.00874. The Bertz CT molecular complexity index is 200. The van der Waals surface area contributed by atoms with Crippen LogP contribution in [0.25, 0.3) is 0 Å². The first-order valence-corrected chi connectivity index (χ1v) is 5.07. The number of carbonyl (C=O) groups excluding carboxylic acids is 1. The second-order valence-electron chi connectivity index (χ2n) is 4.36. The Balaban J connectivity index is 4.23. The summed E-state index contributed by atoms with van der Waals surface area (Å²) in [5.41, 5.74) is -0.547. The van der Waals surface area contributed by atoms with Gasteiger partial charge in [-0.15, -0.1) is 0 Å². The first kappa shape index (κ1) is 14.2. The lowest BCUT2D eigenvalue weighted by Gasteiger charge is -2.27. The number of aliphatic hydroxyl groups excluding tert-OH is 2. The molecule has 0 fully saturated rings. The van der Waals surface area contributed by atoms with Crippen LogP contribution >= 0.6 is 0 Å². The Kier molecular flexibility index (Phi) is 5.60. The maximum atomic E-state index is 11.6. The summed E-state index contributed by atoms with van der Waals surface area (Å²) in [5, 5.41) is 17.9. The van der Waals surface area contributed by atoms with E-state index in [1.807, 2.05) is 0 Å². The van der Waals surface area contributed by atoms with Crippen molar-refractivity contribution in [3.8, 4) is 0 Å². The standard InChI is InChI=1S/C10H21NO4/c1-5-11(6-8(13)7-12)9(14)15-10(2,3)4/h8,12-13H,5-7H2,1-4H3/t8-/m1/s1. The number of amides is 1. The summed E-state index contributed by atoms with van der Waals surface area (Å²) in [6.45, 7) is 7.28. The van der Waals surface area contributed by atoms with E-state index in [-0.39, 0.29) is 13.2 Å². The van der Waals surface area contributed by atoms with Crippen LogP contribution in [0.2, 0.25) is 0 Å². The molecule has 1 atom stereocenters. The van der Waals surface area contributed by atoms with E-state index in [4.69, 9.17) is 9.84 Å². The van der Waals surface area contributed by atoms with E-state index in [0.717, 1.165) is 0 Å². The molecule has 0 aromatic rings. The van der Waals surface area contributed by atoms with Crippen molar-refractivity contribution in [2.45, 2.75) is 39.4 Å². The number of carbonyl (C=O) groups is 1. The Morgan fingerprint density at radius 2 is 2.00 bits per heavy atom. The summed E-state index contributed by atoms with van der Waals surface area (Å²) < 4.78 is 5.13. The van der Waals surface area contributed by atoms with E-state index in [9.17, 15) is 9.90 Å². The fourth-order valence-corrected chi connectivity index (χ4v) is 0.971. The molecular weight excluding hydrogens is 198 g/mol. The van der Waals surface area contributed by atoms with Crippen molar-refractivity contribution in [2.75, 3.05) is 19.7 Å². The SMILES string of the molecule is CCN(C[C@@H](O)CO)C(=O)OC(C)(C)C. The van der Waals surface area contributed by atoms with Crippen molar-refractivity contribution >= 4 is 6.09 Å². The average molecular weight is 219 g/mol. The molecule has 0 saturated carbocycles. The van der Waals surface area contributed by atoms with E-state index in [0.29, 0.717) is 6.54 Å². The number of hydrogen-bond donors (Lipinski definition) is 2. The number of rotatable bonds is 4. The van der Waals surface area contributed by atoms with Crippen LogP contribution in [0.5, 0.6) is 0 Å². The van der Waals surface area contributed by atoms with Crippen LogP contribution in [-0.2, 0) is 4.74 Å². The van der Waals surface area contributed by atoms with Crippen LogP contribution in [0.3, 0.4) is 0 Å². The van der Waals surface area contributed by atoms with Crippen LogP contribution in [0.4, 0.5) is 4.79 Å². The molecule has 0 rings (SSSR count). The van der Waals surface area contributed by atoms with Gasteiger partial charge in [0.05, 0.1) is 19.3 Å². The third-order valence-corrected chi connectivity index (χ3v) is 1.68. The van der Waals surface area contributed by atoms with Gasteiger partial charge in [0.1, 0.15) is 5.60 Å². The molecule has 0 radical (unpaired) electrons. The largest absolute Gasteiger partial charge is 0.444 e. The summed E-state index contributed by atoms with van der Waals surface area (Å²) >= 11 is 0. The molecule has 0 spiro atoms. The number of ether oxygens (including phenoxy) is 1. The molecule has 5 heteroatoms. The molecule has 0 heterocycles. The van der Waals surface area contributed by atoms with Gasteiger partial charge in [-0.25, -0.2) is 4.79 Å². The third-order valence-electron chi connectivity index (χ3n) is 1.68. The van der Waals surface area contributed by atoms with Gasteiger partial charge in [0, 0.05) is 6.54 Å². The molecule has 90 valence electrons. The Morgan fingerprint density at radius 1 is 1.47 bits per heavy atom. The summed E-state index contributed by atoms with van der Waals surface area (Å²) in [4.78, 5) is 12.9. The molecule has 0 aliphatic carbocycles. The predicted octanol–water partition coefficient (Wildman–Crippen LogP) is 0.597. The highest BCUT2D eigenvalue weighted by Gasteiger charge is 2.22. The zero-order valence-corrected chi connectivity index (χ0v) is 9.86. The molecular formula is C10H21NO4. The van der Waals surface area contributed by atoms with Crippen molar-refractivity contribution in [3.63, 3.8) is 0 Å². The van der Waals surface area contributed by atoms with Crippen molar-refractivity contribution in [1.82, 2.24) is 4.90 Å². The molecule has 0 bridgehead atoms. The predicted molar refractivity (Wildman–Crippen MR) is 56.6 cm³/mol. The molecule has 0 aromatic heterocycles. The zero-order valence-electron chi connectivity index (χ0n) is 9.86. The van der Waals surface area contributed by atoms with Crippen molar-refractivity contribution < 1.29 is 19.7 Å². The molecule has 0 aromatic carbocycles. The maximum absolute atomic E-state index is 11.6. The summed E-state index contributed by atoms with van der Waals surface area (Å²) in [7, 11) is 0. The molecule has 1 amide bonds. The molecule has 0 unspecified atom stereocenters. The second kappa shape index (κ2) is 5.92. The van der Waals surface area contributed by atoms with Crippen molar-refractivity contribution in [3.05, 3.63) is 0 Å². The van der Waals surface area contributed by atoms with Gasteiger partial charge in [0.15, 0.2) is 0 Å². The lowest BCUT2D eigenvalue weighted by atomic mass is 10.2. The smallest absolute Gasteiger partial charge is 0.410 e. The Hall–Kier alpha value is -0.810. The normalized spacial score (nSPS) is 13.5. The van der Waals surface area contributed by atoms with E-state index < -0.39 is 17.8 Å². The van der Waals surface area contributed by atoms with Crippen LogP contribution in [0, 0.1) is 0 Å². The highest BCUT2D eigenvalue weighted by atomic mass is 16.6. The fraction of sp³-hybridized carbons (Fsp3) is 0.900. The zero-order chi connectivity index (χ0) is 12.1. The minimum absolute atomic E-state index is 0.0852. The second-order valence-corrected chi connectivity index (χ2v) is 4.36. The number of nitrogens with zero attached hydrogens (tertiary/aromatic N) is 1. The summed E-state index contributed by atoms with van der Waals surface area (Å²) in [6, 6.07) is 0. The van der Waals surface area contributed by atoms with Crippen molar-refractivity contribution in [2.24, 2.45) is 0 Å². The molecule has 0 aliphatic heterocycles. The highest BCUT2D eigenvalue weighted by Crippen LogP contribution is 2.10. The van der Waals surface area contributed by atoms with Gasteiger partial charge in [-0.1, -0.05) is 0 Å². The van der Waals surface area contributed by atoms with Gasteiger partial charge in [-0.3, -0.25) is 0 Å². The lowest BCUT2D eigenvalue weighted by Crippen LogP contribution is -2.41. The molecule has 0 aliphatic rings. The van der Waals surface area contributed by atoms with Crippen LogP contribution in [-0.4, -0.2) is 52.6 Å². The van der Waals surface area contributed by atoms with E-state index in [2.05, 4.69) is 0 Å². The highest BCUT2D eigenvalue weighted by molar-refractivity contribution is 5.68. The van der Waals surface area contributed by atoms with Gasteiger partial charge in [-0.05, 0) is 27.7 Å². The number of likely N-dealkylation sites (N-methyl/N-ethyl adjacent to an activating group) is 1. The molecule has 2 N–H and O–H groups in total.